The van der Waals surface area contributed by atoms with E-state index in [9.17, 15) is 8.42 Å². The Morgan fingerprint density at radius 1 is 0.569 bits per heavy atom. The van der Waals surface area contributed by atoms with Crippen molar-refractivity contribution >= 4 is 49.2 Å². The second kappa shape index (κ2) is 17.3. The summed E-state index contributed by atoms with van der Waals surface area (Å²) >= 11 is 0. The Hall–Kier alpha value is -5.89. The Bertz CT molecular complexity index is 2520. The molecule has 0 bridgehead atoms. The monoisotopic (exact) mass is 786 g/mol. The van der Waals surface area contributed by atoms with Crippen LogP contribution in [0.15, 0.2) is 144 Å². The number of fused-ring (bicyclic) bond motifs is 1. The number of hydrogen-bond acceptors (Lipinski definition) is 5. The molecule has 7 rings (SSSR count). The number of anilines is 5. The lowest BCUT2D eigenvalue weighted by Gasteiger charge is -2.24. The van der Waals surface area contributed by atoms with E-state index in [-0.39, 0.29) is 10.8 Å². The molecule has 6 nitrogen and oxygen atoms in total. The van der Waals surface area contributed by atoms with Crippen LogP contribution >= 0.6 is 0 Å². The van der Waals surface area contributed by atoms with Crippen LogP contribution < -0.4 is 20.7 Å². The minimum Gasteiger partial charge on any atom is -0.380 e. The summed E-state index contributed by atoms with van der Waals surface area (Å²) in [5.41, 5.74) is 15.6. The first-order chi connectivity index (χ1) is 27.9. The van der Waals surface area contributed by atoms with E-state index in [1.54, 1.807) is 6.07 Å². The standard InChI is InChI=1S/C51H54N4O2S/c1-8-33(2)39-17-15-38(16-18-39)32-53-48-30-29-46(47-31-44(27-28-45(47)48)58(56,57)52-7)49(40-19-23-42(24-20-40)54-50-34(3)11-9-12-35(50)4)41-21-25-43(26-22-41)55-51-36(5)13-10-14-37(51)6/h9-31,33,49,52-55H,8,32H2,1-7H3. The SMILES string of the molecule is CCC(C)c1ccc(CNc2ccc(C(c3ccc(Nc4c(C)cccc4C)cc3)c3ccc(Nc4c(C)cccc4C)cc3)c3cc(S(=O)(=O)NC)ccc23)cc1. The van der Waals surface area contributed by atoms with Gasteiger partial charge in [-0.25, -0.2) is 13.1 Å². The van der Waals surface area contributed by atoms with E-state index in [1.807, 2.05) is 12.1 Å². The molecule has 0 aliphatic carbocycles. The maximum Gasteiger partial charge on any atom is 0.240 e. The average Bonchev–Trinajstić information content (AvgIpc) is 3.24. The Kier molecular flexibility index (Phi) is 12.0. The minimum atomic E-state index is -3.71. The van der Waals surface area contributed by atoms with E-state index in [4.69, 9.17) is 0 Å². The van der Waals surface area contributed by atoms with Crippen LogP contribution in [0.1, 0.15) is 82.2 Å². The summed E-state index contributed by atoms with van der Waals surface area (Å²) in [5.74, 6) is 0.310. The predicted molar refractivity (Wildman–Crippen MR) is 245 cm³/mol. The van der Waals surface area contributed by atoms with Gasteiger partial charge in [0.05, 0.1) is 4.90 Å². The zero-order chi connectivity index (χ0) is 41.0. The first kappa shape index (κ1) is 40.3. The van der Waals surface area contributed by atoms with Crippen LogP contribution in [0.4, 0.5) is 28.4 Å². The largest absolute Gasteiger partial charge is 0.380 e. The van der Waals surface area contributed by atoms with Gasteiger partial charge in [0, 0.05) is 46.3 Å². The molecule has 0 saturated carbocycles. The molecule has 0 aromatic heterocycles. The summed E-state index contributed by atoms with van der Waals surface area (Å²) in [4.78, 5) is 0.224. The van der Waals surface area contributed by atoms with Crippen LogP contribution in [-0.2, 0) is 16.6 Å². The molecule has 1 unspecified atom stereocenters. The topological polar surface area (TPSA) is 82.3 Å². The molecule has 1 atom stereocenters. The molecular weight excluding hydrogens is 733 g/mol. The molecule has 7 aromatic rings. The summed E-state index contributed by atoms with van der Waals surface area (Å²) in [7, 11) is -2.26. The molecular formula is C51H54N4O2S. The van der Waals surface area contributed by atoms with E-state index in [0.29, 0.717) is 12.5 Å². The van der Waals surface area contributed by atoms with Crippen LogP contribution in [0.25, 0.3) is 10.8 Å². The maximum atomic E-state index is 13.3. The molecule has 0 aliphatic rings. The van der Waals surface area contributed by atoms with Crippen LogP contribution in [0.2, 0.25) is 0 Å². The van der Waals surface area contributed by atoms with Gasteiger partial charge < -0.3 is 16.0 Å². The normalized spacial score (nSPS) is 12.1. The third-order valence-corrected chi connectivity index (χ3v) is 13.0. The quantitative estimate of drug-likeness (QED) is 0.0826. The van der Waals surface area contributed by atoms with Gasteiger partial charge in [0.25, 0.3) is 0 Å². The van der Waals surface area contributed by atoms with Crippen LogP contribution in [0.5, 0.6) is 0 Å². The van der Waals surface area contributed by atoms with Gasteiger partial charge in [-0.15, -0.1) is 0 Å². The Morgan fingerprint density at radius 2 is 1.07 bits per heavy atom. The van der Waals surface area contributed by atoms with Crippen molar-refractivity contribution in [1.29, 1.82) is 0 Å². The second-order valence-corrected chi connectivity index (χ2v) is 17.4. The molecule has 4 N–H and O–H groups in total. The molecule has 0 amide bonds. The Labute approximate surface area is 344 Å². The maximum absolute atomic E-state index is 13.3. The zero-order valence-electron chi connectivity index (χ0n) is 34.6. The van der Waals surface area contributed by atoms with Gasteiger partial charge in [-0.05, 0) is 145 Å². The Morgan fingerprint density at radius 3 is 1.55 bits per heavy atom. The highest BCUT2D eigenvalue weighted by molar-refractivity contribution is 7.89. The number of benzene rings is 7. The first-order valence-corrected chi connectivity index (χ1v) is 21.6. The number of aryl methyl sites for hydroxylation is 4. The van der Waals surface area contributed by atoms with Crippen molar-refractivity contribution < 1.29 is 8.42 Å². The molecule has 7 aromatic carbocycles. The second-order valence-electron chi connectivity index (χ2n) is 15.5. The molecule has 0 spiro atoms. The van der Waals surface area contributed by atoms with Crippen molar-refractivity contribution in [2.45, 2.75) is 71.2 Å². The van der Waals surface area contributed by atoms with Crippen molar-refractivity contribution in [2.75, 3.05) is 23.0 Å². The molecule has 7 heteroatoms. The number of nitrogens with one attached hydrogen (secondary N) is 4. The highest BCUT2D eigenvalue weighted by Crippen LogP contribution is 2.41. The minimum absolute atomic E-state index is 0.208. The molecule has 0 aliphatic heterocycles. The van der Waals surface area contributed by atoms with Crippen LogP contribution in [0, 0.1) is 27.7 Å². The smallest absolute Gasteiger partial charge is 0.240 e. The zero-order valence-corrected chi connectivity index (χ0v) is 35.4. The van der Waals surface area contributed by atoms with Crippen molar-refractivity contribution in [3.8, 4) is 0 Å². The van der Waals surface area contributed by atoms with Gasteiger partial charge in [0.2, 0.25) is 10.0 Å². The average molecular weight is 787 g/mol. The summed E-state index contributed by atoms with van der Waals surface area (Å²) in [6.07, 6.45) is 1.10. The van der Waals surface area contributed by atoms with E-state index < -0.39 is 10.0 Å². The number of para-hydroxylation sites is 2. The van der Waals surface area contributed by atoms with Crippen LogP contribution in [-0.4, -0.2) is 15.5 Å². The fraction of sp³-hybridized carbons (Fsp3) is 0.216. The van der Waals surface area contributed by atoms with Gasteiger partial charge in [-0.1, -0.05) is 111 Å². The van der Waals surface area contributed by atoms with E-state index in [0.717, 1.165) is 62.3 Å². The lowest BCUT2D eigenvalue weighted by Crippen LogP contribution is -2.18. The molecule has 296 valence electrons. The van der Waals surface area contributed by atoms with Gasteiger partial charge in [-0.2, -0.15) is 0 Å². The molecule has 0 saturated heterocycles. The molecule has 0 radical (unpaired) electrons. The first-order valence-electron chi connectivity index (χ1n) is 20.1. The third kappa shape index (κ3) is 8.66. The fourth-order valence-corrected chi connectivity index (χ4v) is 8.57. The highest BCUT2D eigenvalue weighted by atomic mass is 32.2. The predicted octanol–water partition coefficient (Wildman–Crippen LogP) is 12.8. The molecule has 0 fully saturated rings. The summed E-state index contributed by atoms with van der Waals surface area (Å²) in [6, 6.07) is 48.4. The molecule has 0 heterocycles. The summed E-state index contributed by atoms with van der Waals surface area (Å²) < 4.78 is 29.1. The number of hydrogen-bond donors (Lipinski definition) is 4. The van der Waals surface area contributed by atoms with E-state index >= 15 is 0 Å². The van der Waals surface area contributed by atoms with Gasteiger partial charge in [0.15, 0.2) is 0 Å². The van der Waals surface area contributed by atoms with Crippen LogP contribution in [0.3, 0.4) is 0 Å². The highest BCUT2D eigenvalue weighted by Gasteiger charge is 2.23. The van der Waals surface area contributed by atoms with Crippen molar-refractivity contribution in [2.24, 2.45) is 0 Å². The van der Waals surface area contributed by atoms with E-state index in [2.05, 4.69) is 184 Å². The lowest BCUT2D eigenvalue weighted by molar-refractivity contribution is 0.588. The van der Waals surface area contributed by atoms with Crippen molar-refractivity contribution in [3.05, 3.63) is 190 Å². The third-order valence-electron chi connectivity index (χ3n) is 11.5. The molecule has 58 heavy (non-hydrogen) atoms. The lowest BCUT2D eigenvalue weighted by atomic mass is 9.82. The number of rotatable bonds is 14. The number of sulfonamides is 1. The van der Waals surface area contributed by atoms with Gasteiger partial charge in [0.1, 0.15) is 0 Å². The van der Waals surface area contributed by atoms with Crippen molar-refractivity contribution in [1.82, 2.24) is 4.72 Å². The Balaban J connectivity index is 1.32. The van der Waals surface area contributed by atoms with E-state index in [1.165, 1.54) is 40.4 Å². The van der Waals surface area contributed by atoms with Crippen molar-refractivity contribution in [3.63, 3.8) is 0 Å². The van der Waals surface area contributed by atoms with Gasteiger partial charge >= 0.3 is 0 Å². The fourth-order valence-electron chi connectivity index (χ4n) is 7.82. The van der Waals surface area contributed by atoms with Gasteiger partial charge in [-0.3, -0.25) is 0 Å². The summed E-state index contributed by atoms with van der Waals surface area (Å²) in [5, 5.41) is 12.8. The summed E-state index contributed by atoms with van der Waals surface area (Å²) in [6.45, 7) is 13.6.